The molecule has 0 N–H and O–H groups in total. The summed E-state index contributed by atoms with van der Waals surface area (Å²) in [5.74, 6) is 2.02. The fourth-order valence-corrected chi connectivity index (χ4v) is 3.41. The zero-order chi connectivity index (χ0) is 16.2. The van der Waals surface area contributed by atoms with Crippen molar-refractivity contribution in [2.75, 3.05) is 13.1 Å². The number of aryl methyl sites for hydroxylation is 1. The van der Waals surface area contributed by atoms with E-state index >= 15 is 0 Å². The Morgan fingerprint density at radius 3 is 3.09 bits per heavy atom. The van der Waals surface area contributed by atoms with Crippen LogP contribution in [0.25, 0.3) is 0 Å². The van der Waals surface area contributed by atoms with Crippen LogP contribution in [0.1, 0.15) is 62.4 Å². The Balaban J connectivity index is 1.57. The first-order valence-corrected chi connectivity index (χ1v) is 9.06. The van der Waals surface area contributed by atoms with Crippen molar-refractivity contribution in [2.24, 2.45) is 0 Å². The fourth-order valence-electron chi connectivity index (χ4n) is 2.82. The van der Waals surface area contributed by atoms with Gasteiger partial charge in [-0.1, -0.05) is 19.0 Å². The number of rotatable bonds is 5. The molecule has 0 aromatic carbocycles. The second-order valence-corrected chi connectivity index (χ2v) is 7.02. The minimum absolute atomic E-state index is 0.184. The normalized spacial score (nSPS) is 18.6. The van der Waals surface area contributed by atoms with Crippen LogP contribution in [0.15, 0.2) is 15.4 Å². The van der Waals surface area contributed by atoms with Crippen molar-refractivity contribution >= 4 is 17.2 Å². The maximum atomic E-state index is 12.4. The van der Waals surface area contributed by atoms with Crippen molar-refractivity contribution in [2.45, 2.75) is 51.4 Å². The molecule has 3 heterocycles. The lowest BCUT2D eigenvalue weighted by molar-refractivity contribution is -0.132. The van der Waals surface area contributed by atoms with Crippen LogP contribution in [-0.4, -0.2) is 39.0 Å². The Bertz CT molecular complexity index is 638. The van der Waals surface area contributed by atoms with Gasteiger partial charge < -0.3 is 9.42 Å². The van der Waals surface area contributed by atoms with Gasteiger partial charge in [-0.05, 0) is 19.3 Å². The quantitative estimate of drug-likeness (QED) is 0.840. The van der Waals surface area contributed by atoms with Crippen LogP contribution in [0.2, 0.25) is 0 Å². The highest BCUT2D eigenvalue weighted by molar-refractivity contribution is 7.07. The monoisotopic (exact) mass is 334 g/mol. The average molecular weight is 334 g/mol. The molecule has 0 aliphatic carbocycles. The maximum Gasteiger partial charge on any atom is 0.229 e. The zero-order valence-electron chi connectivity index (χ0n) is 13.6. The minimum Gasteiger partial charge on any atom is -0.342 e. The summed E-state index contributed by atoms with van der Waals surface area (Å²) in [6.45, 7) is 5.58. The van der Waals surface area contributed by atoms with Crippen LogP contribution in [0.4, 0.5) is 0 Å². The number of thiazole rings is 1. The number of hydrogen-bond donors (Lipinski definition) is 0. The van der Waals surface area contributed by atoms with Crippen LogP contribution in [-0.2, 0) is 11.2 Å². The van der Waals surface area contributed by atoms with Crippen molar-refractivity contribution < 1.29 is 9.32 Å². The standard InChI is InChI=1S/C16H22N4O2S/c1-11(2)16-18-15(19-22-16)12-4-3-7-20(8-12)14(21)6-5-13-9-23-10-17-13/h9-12H,3-8H2,1-2H3/t12-/m0/s1. The van der Waals surface area contributed by atoms with Gasteiger partial charge in [0, 0.05) is 36.7 Å². The van der Waals surface area contributed by atoms with Gasteiger partial charge in [-0.25, -0.2) is 4.98 Å². The molecule has 0 spiro atoms. The van der Waals surface area contributed by atoms with Crippen molar-refractivity contribution in [3.05, 3.63) is 28.3 Å². The lowest BCUT2D eigenvalue weighted by Crippen LogP contribution is -2.39. The summed E-state index contributed by atoms with van der Waals surface area (Å²) in [7, 11) is 0. The molecule has 0 saturated carbocycles. The van der Waals surface area contributed by atoms with Crippen molar-refractivity contribution in [3.63, 3.8) is 0 Å². The zero-order valence-corrected chi connectivity index (χ0v) is 14.4. The van der Waals surface area contributed by atoms with E-state index in [9.17, 15) is 4.79 Å². The highest BCUT2D eigenvalue weighted by Gasteiger charge is 2.28. The van der Waals surface area contributed by atoms with E-state index in [0.29, 0.717) is 25.3 Å². The Morgan fingerprint density at radius 1 is 1.52 bits per heavy atom. The number of hydrogen-bond acceptors (Lipinski definition) is 6. The molecule has 1 fully saturated rings. The predicted molar refractivity (Wildman–Crippen MR) is 87.4 cm³/mol. The van der Waals surface area contributed by atoms with Crippen LogP contribution in [0.5, 0.6) is 0 Å². The first-order valence-electron chi connectivity index (χ1n) is 8.12. The molecule has 1 saturated heterocycles. The third-order valence-electron chi connectivity index (χ3n) is 4.17. The van der Waals surface area contributed by atoms with Crippen molar-refractivity contribution in [3.8, 4) is 0 Å². The molecule has 2 aromatic heterocycles. The molecule has 2 aromatic rings. The summed E-state index contributed by atoms with van der Waals surface area (Å²) in [6, 6.07) is 0. The van der Waals surface area contributed by atoms with E-state index < -0.39 is 0 Å². The first kappa shape index (κ1) is 16.1. The first-order chi connectivity index (χ1) is 11.1. The van der Waals surface area contributed by atoms with E-state index in [-0.39, 0.29) is 17.7 Å². The van der Waals surface area contributed by atoms with Crippen molar-refractivity contribution in [1.82, 2.24) is 20.0 Å². The number of carbonyl (C=O) groups is 1. The lowest BCUT2D eigenvalue weighted by atomic mass is 9.97. The molecular formula is C16H22N4O2S. The van der Waals surface area contributed by atoms with Gasteiger partial charge in [-0.15, -0.1) is 11.3 Å². The van der Waals surface area contributed by atoms with E-state index in [1.54, 1.807) is 16.8 Å². The van der Waals surface area contributed by atoms with Gasteiger partial charge in [0.15, 0.2) is 5.82 Å². The Kier molecular flexibility index (Phi) is 5.05. The van der Waals surface area contributed by atoms with Gasteiger partial charge in [0.2, 0.25) is 11.8 Å². The number of aromatic nitrogens is 3. The Labute approximate surface area is 139 Å². The molecule has 23 heavy (non-hydrogen) atoms. The SMILES string of the molecule is CC(C)c1nc([C@H]2CCCN(C(=O)CCc3cscn3)C2)no1. The molecule has 0 unspecified atom stereocenters. The van der Waals surface area contributed by atoms with Gasteiger partial charge in [-0.3, -0.25) is 4.79 Å². The van der Waals surface area contributed by atoms with E-state index in [4.69, 9.17) is 4.52 Å². The highest BCUT2D eigenvalue weighted by Crippen LogP contribution is 2.26. The van der Waals surface area contributed by atoms with Crippen molar-refractivity contribution in [1.29, 1.82) is 0 Å². The van der Waals surface area contributed by atoms with Crippen LogP contribution < -0.4 is 0 Å². The van der Waals surface area contributed by atoms with E-state index in [0.717, 1.165) is 30.9 Å². The molecule has 6 nitrogen and oxygen atoms in total. The predicted octanol–water partition coefficient (Wildman–Crippen LogP) is 2.99. The van der Waals surface area contributed by atoms with E-state index in [1.165, 1.54) is 0 Å². The second kappa shape index (κ2) is 7.21. The number of nitrogens with zero attached hydrogens (tertiary/aromatic N) is 4. The molecule has 124 valence electrons. The smallest absolute Gasteiger partial charge is 0.229 e. The molecule has 3 rings (SSSR count). The van der Waals surface area contributed by atoms with E-state index in [1.807, 2.05) is 24.1 Å². The number of likely N-dealkylation sites (tertiary alicyclic amines) is 1. The number of carbonyl (C=O) groups excluding carboxylic acids is 1. The van der Waals surface area contributed by atoms with Crippen LogP contribution >= 0.6 is 11.3 Å². The molecule has 0 bridgehead atoms. The second-order valence-electron chi connectivity index (χ2n) is 6.30. The third-order valence-corrected chi connectivity index (χ3v) is 4.80. The summed E-state index contributed by atoms with van der Waals surface area (Å²) in [4.78, 5) is 23.1. The fraction of sp³-hybridized carbons (Fsp3) is 0.625. The molecule has 1 atom stereocenters. The number of amides is 1. The van der Waals surface area contributed by atoms with Crippen LogP contribution in [0, 0.1) is 0 Å². The summed E-state index contributed by atoms with van der Waals surface area (Å²) in [5.41, 5.74) is 2.80. The molecule has 1 amide bonds. The van der Waals surface area contributed by atoms with Gasteiger partial charge in [0.1, 0.15) is 0 Å². The Morgan fingerprint density at radius 2 is 2.39 bits per heavy atom. The van der Waals surface area contributed by atoms with Gasteiger partial charge in [0.05, 0.1) is 11.2 Å². The molecule has 7 heteroatoms. The van der Waals surface area contributed by atoms with Crippen LogP contribution in [0.3, 0.4) is 0 Å². The summed E-state index contributed by atoms with van der Waals surface area (Å²) < 4.78 is 5.30. The summed E-state index contributed by atoms with van der Waals surface area (Å²) >= 11 is 1.57. The maximum absolute atomic E-state index is 12.4. The number of piperidine rings is 1. The van der Waals surface area contributed by atoms with Gasteiger partial charge in [-0.2, -0.15) is 4.98 Å². The summed E-state index contributed by atoms with van der Waals surface area (Å²) in [6.07, 6.45) is 3.22. The molecule has 0 radical (unpaired) electrons. The van der Waals surface area contributed by atoms with Gasteiger partial charge in [0.25, 0.3) is 0 Å². The largest absolute Gasteiger partial charge is 0.342 e. The highest BCUT2D eigenvalue weighted by atomic mass is 32.1. The minimum atomic E-state index is 0.184. The summed E-state index contributed by atoms with van der Waals surface area (Å²) in [5, 5.41) is 6.11. The molecular weight excluding hydrogens is 312 g/mol. The topological polar surface area (TPSA) is 72.1 Å². The average Bonchev–Trinajstić information content (AvgIpc) is 3.24. The van der Waals surface area contributed by atoms with E-state index in [2.05, 4.69) is 15.1 Å². The van der Waals surface area contributed by atoms with Gasteiger partial charge >= 0.3 is 0 Å². The third kappa shape index (κ3) is 3.96. The molecule has 1 aliphatic heterocycles. The Hall–Kier alpha value is -1.76. The lowest BCUT2D eigenvalue weighted by Gasteiger charge is -2.31. The molecule has 1 aliphatic rings.